The highest BCUT2D eigenvalue weighted by Crippen LogP contribution is 2.16. The van der Waals surface area contributed by atoms with Crippen LogP contribution in [0, 0.1) is 0 Å². The molecule has 5 nitrogen and oxygen atoms in total. The third-order valence-electron chi connectivity index (χ3n) is 3.36. The Hall–Kier alpha value is -1.88. The molecule has 1 aromatic carbocycles. The van der Waals surface area contributed by atoms with E-state index in [1.165, 1.54) is 5.56 Å². The molecule has 0 spiro atoms. The molecule has 1 aliphatic rings. The minimum Gasteiger partial charge on any atom is -0.494 e. The Morgan fingerprint density at radius 2 is 2.05 bits per heavy atom. The van der Waals surface area contributed by atoms with Gasteiger partial charge >= 0.3 is 0 Å². The van der Waals surface area contributed by atoms with Gasteiger partial charge in [0, 0.05) is 19.6 Å². The first-order chi connectivity index (χ1) is 9.35. The zero-order chi connectivity index (χ0) is 13.1. The van der Waals surface area contributed by atoms with Crippen molar-refractivity contribution in [2.45, 2.75) is 26.6 Å². The van der Waals surface area contributed by atoms with Crippen molar-refractivity contribution in [2.24, 2.45) is 0 Å². The van der Waals surface area contributed by atoms with E-state index in [2.05, 4.69) is 31.8 Å². The molecule has 19 heavy (non-hydrogen) atoms. The average molecular weight is 258 g/mol. The summed E-state index contributed by atoms with van der Waals surface area (Å²) in [5.74, 6) is 1.99. The van der Waals surface area contributed by atoms with Crippen LogP contribution in [0.2, 0.25) is 0 Å². The zero-order valence-corrected chi connectivity index (χ0v) is 11.1. The molecule has 5 heteroatoms. The first kappa shape index (κ1) is 12.2. The lowest BCUT2D eigenvalue weighted by Gasteiger charge is -2.26. The van der Waals surface area contributed by atoms with Gasteiger partial charge in [-0.2, -0.15) is 0 Å². The predicted octanol–water partition coefficient (Wildman–Crippen LogP) is 1.69. The summed E-state index contributed by atoms with van der Waals surface area (Å²) >= 11 is 0. The van der Waals surface area contributed by atoms with Crippen LogP contribution in [0.1, 0.15) is 18.3 Å². The molecule has 2 aromatic rings. The van der Waals surface area contributed by atoms with Crippen LogP contribution < -0.4 is 4.74 Å². The lowest BCUT2D eigenvalue weighted by molar-refractivity contribution is 0.208. The lowest BCUT2D eigenvalue weighted by atomic mass is 10.2. The number of fused-ring (bicyclic) bond motifs is 1. The van der Waals surface area contributed by atoms with Crippen molar-refractivity contribution < 1.29 is 4.74 Å². The molecule has 0 bridgehead atoms. The molecule has 0 fully saturated rings. The number of nitrogens with zero attached hydrogens (tertiary/aromatic N) is 4. The van der Waals surface area contributed by atoms with Gasteiger partial charge in [-0.1, -0.05) is 12.1 Å². The highest BCUT2D eigenvalue weighted by atomic mass is 16.5. The third kappa shape index (κ3) is 2.76. The van der Waals surface area contributed by atoms with Gasteiger partial charge in [0.1, 0.15) is 17.9 Å². The molecular formula is C14H18N4O. The second kappa shape index (κ2) is 5.40. The Bertz CT molecular complexity index is 535. The van der Waals surface area contributed by atoms with Crippen molar-refractivity contribution in [3.63, 3.8) is 0 Å². The summed E-state index contributed by atoms with van der Waals surface area (Å²) in [4.78, 5) is 2.39. The number of benzene rings is 1. The molecule has 0 aliphatic carbocycles. The molecule has 0 atom stereocenters. The van der Waals surface area contributed by atoms with E-state index in [9.17, 15) is 0 Å². The zero-order valence-electron chi connectivity index (χ0n) is 11.1. The lowest BCUT2D eigenvalue weighted by Crippen LogP contribution is -2.33. The Labute approximate surface area is 112 Å². The van der Waals surface area contributed by atoms with E-state index in [-0.39, 0.29) is 0 Å². The molecule has 0 N–H and O–H groups in total. The number of aromatic nitrogens is 3. The van der Waals surface area contributed by atoms with Gasteiger partial charge in [0.15, 0.2) is 0 Å². The molecule has 2 heterocycles. The van der Waals surface area contributed by atoms with Gasteiger partial charge in [0.05, 0.1) is 13.2 Å². The first-order valence-corrected chi connectivity index (χ1v) is 6.66. The minimum absolute atomic E-state index is 0.709. The second-order valence-corrected chi connectivity index (χ2v) is 4.73. The van der Waals surface area contributed by atoms with Gasteiger partial charge < -0.3 is 9.30 Å². The number of ether oxygens (including phenoxy) is 1. The maximum Gasteiger partial charge on any atom is 0.147 e. The van der Waals surface area contributed by atoms with Gasteiger partial charge in [-0.25, -0.2) is 0 Å². The first-order valence-electron chi connectivity index (χ1n) is 6.66. The van der Waals surface area contributed by atoms with E-state index in [0.717, 1.165) is 37.8 Å². The summed E-state index contributed by atoms with van der Waals surface area (Å²) in [5.41, 5.74) is 1.30. The van der Waals surface area contributed by atoms with Gasteiger partial charge in [-0.05, 0) is 24.6 Å². The average Bonchev–Trinajstić information content (AvgIpc) is 2.89. The largest absolute Gasteiger partial charge is 0.494 e. The van der Waals surface area contributed by atoms with Crippen LogP contribution in [0.25, 0.3) is 0 Å². The Morgan fingerprint density at radius 3 is 2.84 bits per heavy atom. The van der Waals surface area contributed by atoms with Crippen LogP contribution in [0.5, 0.6) is 5.75 Å². The monoisotopic (exact) mass is 258 g/mol. The molecule has 3 rings (SSSR count). The normalized spacial score (nSPS) is 15.2. The summed E-state index contributed by atoms with van der Waals surface area (Å²) < 4.78 is 7.57. The summed E-state index contributed by atoms with van der Waals surface area (Å²) in [5, 5.41) is 8.09. The maximum atomic E-state index is 5.45. The number of rotatable bonds is 4. The third-order valence-corrected chi connectivity index (χ3v) is 3.36. The van der Waals surface area contributed by atoms with E-state index in [0.29, 0.717) is 6.61 Å². The summed E-state index contributed by atoms with van der Waals surface area (Å²) in [7, 11) is 0. The number of hydrogen-bond acceptors (Lipinski definition) is 4. The van der Waals surface area contributed by atoms with E-state index in [1.54, 1.807) is 0 Å². The van der Waals surface area contributed by atoms with Crippen LogP contribution in [0.15, 0.2) is 30.6 Å². The highest BCUT2D eigenvalue weighted by Gasteiger charge is 2.17. The smallest absolute Gasteiger partial charge is 0.147 e. The van der Waals surface area contributed by atoms with Gasteiger partial charge in [0.25, 0.3) is 0 Å². The van der Waals surface area contributed by atoms with E-state index < -0.39 is 0 Å². The van der Waals surface area contributed by atoms with Crippen molar-refractivity contribution >= 4 is 0 Å². The van der Waals surface area contributed by atoms with Crippen LogP contribution in [-0.4, -0.2) is 32.8 Å². The van der Waals surface area contributed by atoms with Crippen molar-refractivity contribution in [2.75, 3.05) is 13.2 Å². The van der Waals surface area contributed by atoms with Crippen molar-refractivity contribution in [3.8, 4) is 5.75 Å². The summed E-state index contributed by atoms with van der Waals surface area (Å²) in [6, 6.07) is 8.32. The minimum atomic E-state index is 0.709. The molecule has 0 unspecified atom stereocenters. The van der Waals surface area contributed by atoms with Crippen LogP contribution >= 0.6 is 0 Å². The Kier molecular flexibility index (Phi) is 3.46. The summed E-state index contributed by atoms with van der Waals surface area (Å²) in [6.45, 7) is 6.53. The summed E-state index contributed by atoms with van der Waals surface area (Å²) in [6.07, 6.45) is 1.81. The standard InChI is InChI=1S/C14H18N4O/c1-2-19-13-5-3-12(4-6-13)9-17-7-8-18-11-15-16-14(18)10-17/h3-6,11H,2,7-10H2,1H3. The van der Waals surface area contributed by atoms with Gasteiger partial charge in [-0.3, -0.25) is 4.90 Å². The molecule has 0 saturated carbocycles. The fourth-order valence-corrected chi connectivity index (χ4v) is 2.37. The van der Waals surface area contributed by atoms with E-state index in [1.807, 2.05) is 25.4 Å². The fourth-order valence-electron chi connectivity index (χ4n) is 2.37. The van der Waals surface area contributed by atoms with Crippen molar-refractivity contribution in [1.82, 2.24) is 19.7 Å². The molecular weight excluding hydrogens is 240 g/mol. The van der Waals surface area contributed by atoms with Crippen LogP contribution in [-0.2, 0) is 19.6 Å². The fraction of sp³-hybridized carbons (Fsp3) is 0.429. The molecule has 1 aromatic heterocycles. The van der Waals surface area contributed by atoms with Gasteiger partial charge in [-0.15, -0.1) is 10.2 Å². The van der Waals surface area contributed by atoms with Crippen molar-refractivity contribution in [3.05, 3.63) is 42.0 Å². The molecule has 100 valence electrons. The van der Waals surface area contributed by atoms with E-state index in [4.69, 9.17) is 4.74 Å². The topological polar surface area (TPSA) is 43.2 Å². The number of hydrogen-bond donors (Lipinski definition) is 0. The SMILES string of the molecule is CCOc1ccc(CN2CCn3cnnc3C2)cc1. The quantitative estimate of drug-likeness (QED) is 0.837. The highest BCUT2D eigenvalue weighted by molar-refractivity contribution is 5.27. The molecule has 0 radical (unpaired) electrons. The maximum absolute atomic E-state index is 5.45. The van der Waals surface area contributed by atoms with Crippen molar-refractivity contribution in [1.29, 1.82) is 0 Å². The Morgan fingerprint density at radius 1 is 1.21 bits per heavy atom. The molecule has 1 aliphatic heterocycles. The van der Waals surface area contributed by atoms with Crippen LogP contribution in [0.4, 0.5) is 0 Å². The predicted molar refractivity (Wildman–Crippen MR) is 71.7 cm³/mol. The van der Waals surface area contributed by atoms with Gasteiger partial charge in [0.2, 0.25) is 0 Å². The molecule has 0 saturated heterocycles. The Balaban J connectivity index is 1.63. The molecule has 0 amide bonds. The van der Waals surface area contributed by atoms with E-state index >= 15 is 0 Å². The second-order valence-electron chi connectivity index (χ2n) is 4.73. The van der Waals surface area contributed by atoms with Crippen LogP contribution in [0.3, 0.4) is 0 Å².